The van der Waals surface area contributed by atoms with E-state index in [1.165, 1.54) is 17.8 Å². The molecular weight excluding hydrogens is 269 g/mol. The first-order valence-electron chi connectivity index (χ1n) is 7.46. The van der Waals surface area contributed by atoms with Crippen LogP contribution in [0.3, 0.4) is 0 Å². The van der Waals surface area contributed by atoms with Gasteiger partial charge in [0.05, 0.1) is 10.7 Å². The predicted octanol–water partition coefficient (Wildman–Crippen LogP) is 6.19. The third kappa shape index (κ3) is 4.14. The van der Waals surface area contributed by atoms with Crippen LogP contribution in [-0.4, -0.2) is 4.98 Å². The van der Waals surface area contributed by atoms with Gasteiger partial charge < -0.3 is 0 Å². The topological polar surface area (TPSA) is 12.9 Å². The summed E-state index contributed by atoms with van der Waals surface area (Å²) in [4.78, 5) is 4.57. The molecule has 20 heavy (non-hydrogen) atoms. The van der Waals surface area contributed by atoms with E-state index in [2.05, 4.69) is 4.98 Å². The van der Waals surface area contributed by atoms with Gasteiger partial charge in [-0.05, 0) is 31.4 Å². The normalized spacial score (nSPS) is 12.9. The van der Waals surface area contributed by atoms with Gasteiger partial charge in [0, 0.05) is 16.9 Å². The molecule has 0 unspecified atom stereocenters. The Kier molecular flexibility index (Phi) is 6.86. The average Bonchev–Trinajstić information content (AvgIpc) is 3.24. The van der Waals surface area contributed by atoms with E-state index in [9.17, 15) is 4.39 Å². The average molecular weight is 293 g/mol. The van der Waals surface area contributed by atoms with E-state index in [1.54, 1.807) is 30.4 Å². The number of rotatable bonds is 2. The molecule has 1 fully saturated rings. The van der Waals surface area contributed by atoms with E-state index in [1.807, 2.05) is 39.1 Å². The first-order valence-corrected chi connectivity index (χ1v) is 8.34. The summed E-state index contributed by atoms with van der Waals surface area (Å²) in [5.41, 5.74) is 2.47. The first kappa shape index (κ1) is 16.8. The second-order valence-corrected chi connectivity index (χ2v) is 5.20. The summed E-state index contributed by atoms with van der Waals surface area (Å²) in [7, 11) is 0. The van der Waals surface area contributed by atoms with Crippen molar-refractivity contribution in [1.82, 2.24) is 4.98 Å². The first-order chi connectivity index (χ1) is 9.74. The fourth-order valence-corrected chi connectivity index (χ4v) is 2.69. The van der Waals surface area contributed by atoms with Crippen molar-refractivity contribution in [2.24, 2.45) is 0 Å². The molecule has 1 aromatic heterocycles. The number of aromatic nitrogens is 1. The lowest BCUT2D eigenvalue weighted by Gasteiger charge is -1.99. The zero-order valence-electron chi connectivity index (χ0n) is 13.0. The molecule has 0 radical (unpaired) electrons. The molecule has 0 N–H and O–H groups in total. The lowest BCUT2D eigenvalue weighted by Crippen LogP contribution is -1.85. The lowest BCUT2D eigenvalue weighted by molar-refractivity contribution is 0.619. The quantitative estimate of drug-likeness (QED) is 0.643. The van der Waals surface area contributed by atoms with Gasteiger partial charge >= 0.3 is 0 Å². The van der Waals surface area contributed by atoms with E-state index in [-0.39, 0.29) is 5.82 Å². The van der Waals surface area contributed by atoms with Gasteiger partial charge in [-0.2, -0.15) is 0 Å². The molecule has 1 heterocycles. The minimum atomic E-state index is -0.154. The fraction of sp³-hybridized carbons (Fsp3) is 0.471. The molecule has 0 amide bonds. The molecular formula is C17H24FNS. The standard InChI is InChI=1S/C13H12FNS.2C2H6/c1-8-2-3-10(6-11(8)14)12-7-16-13(15-12)9-4-5-9;2*1-2/h2-3,6-7,9H,4-5H2,1H3;2*1-2H3. The van der Waals surface area contributed by atoms with Gasteiger partial charge in [-0.15, -0.1) is 11.3 Å². The van der Waals surface area contributed by atoms with Crippen LogP contribution in [0.4, 0.5) is 4.39 Å². The molecule has 2 aromatic rings. The zero-order valence-corrected chi connectivity index (χ0v) is 13.9. The van der Waals surface area contributed by atoms with Crippen LogP contribution < -0.4 is 0 Å². The zero-order chi connectivity index (χ0) is 15.1. The molecule has 1 nitrogen and oxygen atoms in total. The number of benzene rings is 1. The second-order valence-electron chi connectivity index (χ2n) is 4.31. The maximum absolute atomic E-state index is 13.4. The van der Waals surface area contributed by atoms with Crippen molar-refractivity contribution in [1.29, 1.82) is 0 Å². The molecule has 3 rings (SSSR count). The summed E-state index contributed by atoms with van der Waals surface area (Å²) in [5.74, 6) is 0.521. The Labute approximate surface area is 125 Å². The molecule has 3 heteroatoms. The molecule has 0 aliphatic heterocycles. The lowest BCUT2D eigenvalue weighted by atomic mass is 10.1. The number of aryl methyl sites for hydroxylation is 1. The van der Waals surface area contributed by atoms with Crippen molar-refractivity contribution in [2.75, 3.05) is 0 Å². The smallest absolute Gasteiger partial charge is 0.126 e. The number of halogens is 1. The molecule has 0 bridgehead atoms. The molecule has 1 aliphatic rings. The van der Waals surface area contributed by atoms with E-state index >= 15 is 0 Å². The van der Waals surface area contributed by atoms with Crippen molar-refractivity contribution in [3.63, 3.8) is 0 Å². The van der Waals surface area contributed by atoms with Crippen molar-refractivity contribution in [3.05, 3.63) is 40.0 Å². The van der Waals surface area contributed by atoms with Crippen LogP contribution in [0.1, 0.15) is 57.0 Å². The van der Waals surface area contributed by atoms with Gasteiger partial charge in [-0.3, -0.25) is 0 Å². The number of hydrogen-bond donors (Lipinski definition) is 0. The Bertz CT molecular complexity index is 530. The molecule has 1 aromatic carbocycles. The Morgan fingerprint density at radius 2 is 1.80 bits per heavy atom. The predicted molar refractivity (Wildman–Crippen MR) is 86.9 cm³/mol. The van der Waals surface area contributed by atoms with Crippen LogP contribution in [0.15, 0.2) is 23.6 Å². The van der Waals surface area contributed by atoms with Crippen LogP contribution in [0, 0.1) is 12.7 Å². The van der Waals surface area contributed by atoms with Crippen LogP contribution in [-0.2, 0) is 0 Å². The van der Waals surface area contributed by atoms with Gasteiger partial charge in [0.15, 0.2) is 0 Å². The molecule has 110 valence electrons. The molecule has 0 saturated heterocycles. The van der Waals surface area contributed by atoms with E-state index in [0.717, 1.165) is 11.3 Å². The van der Waals surface area contributed by atoms with Crippen molar-refractivity contribution in [2.45, 2.75) is 53.4 Å². The Morgan fingerprint density at radius 3 is 2.35 bits per heavy atom. The van der Waals surface area contributed by atoms with Crippen LogP contribution >= 0.6 is 11.3 Å². The molecule has 0 spiro atoms. The van der Waals surface area contributed by atoms with Gasteiger partial charge in [0.2, 0.25) is 0 Å². The van der Waals surface area contributed by atoms with Gasteiger partial charge in [0.25, 0.3) is 0 Å². The van der Waals surface area contributed by atoms with Crippen LogP contribution in [0.5, 0.6) is 0 Å². The minimum Gasteiger partial charge on any atom is -0.241 e. The highest BCUT2D eigenvalue weighted by Gasteiger charge is 2.26. The summed E-state index contributed by atoms with van der Waals surface area (Å²) in [6.07, 6.45) is 2.52. The summed E-state index contributed by atoms with van der Waals surface area (Å²) >= 11 is 1.69. The summed E-state index contributed by atoms with van der Waals surface area (Å²) in [6, 6.07) is 5.31. The highest BCUT2D eigenvalue weighted by atomic mass is 32.1. The largest absolute Gasteiger partial charge is 0.241 e. The van der Waals surface area contributed by atoms with Gasteiger partial charge in [0.1, 0.15) is 5.82 Å². The van der Waals surface area contributed by atoms with Crippen molar-refractivity contribution < 1.29 is 4.39 Å². The Hall–Kier alpha value is -1.22. The highest BCUT2D eigenvalue weighted by Crippen LogP contribution is 2.42. The maximum Gasteiger partial charge on any atom is 0.126 e. The highest BCUT2D eigenvalue weighted by molar-refractivity contribution is 7.10. The van der Waals surface area contributed by atoms with E-state index in [0.29, 0.717) is 11.5 Å². The summed E-state index contributed by atoms with van der Waals surface area (Å²) in [5, 5.41) is 3.23. The summed E-state index contributed by atoms with van der Waals surface area (Å²) < 4.78 is 13.4. The third-order valence-corrected chi connectivity index (χ3v) is 3.92. The molecule has 1 saturated carbocycles. The maximum atomic E-state index is 13.4. The van der Waals surface area contributed by atoms with Gasteiger partial charge in [-0.25, -0.2) is 9.37 Å². The number of hydrogen-bond acceptors (Lipinski definition) is 2. The number of nitrogens with zero attached hydrogens (tertiary/aromatic N) is 1. The van der Waals surface area contributed by atoms with E-state index in [4.69, 9.17) is 0 Å². The third-order valence-electron chi connectivity index (χ3n) is 2.92. The molecule has 1 aliphatic carbocycles. The molecule has 0 atom stereocenters. The van der Waals surface area contributed by atoms with Crippen molar-refractivity contribution >= 4 is 11.3 Å². The second kappa shape index (κ2) is 8.15. The van der Waals surface area contributed by atoms with Gasteiger partial charge in [-0.1, -0.05) is 39.8 Å². The Morgan fingerprint density at radius 1 is 1.15 bits per heavy atom. The van der Waals surface area contributed by atoms with Crippen molar-refractivity contribution in [3.8, 4) is 11.3 Å². The monoisotopic (exact) mass is 293 g/mol. The van der Waals surface area contributed by atoms with Crippen LogP contribution in [0.2, 0.25) is 0 Å². The van der Waals surface area contributed by atoms with E-state index < -0.39 is 0 Å². The van der Waals surface area contributed by atoms with Crippen LogP contribution in [0.25, 0.3) is 11.3 Å². The SMILES string of the molecule is CC.CC.Cc1ccc(-c2csc(C3CC3)n2)cc1F. The number of thiazole rings is 1. The Balaban J connectivity index is 0.000000461. The fourth-order valence-electron chi connectivity index (χ4n) is 1.69. The summed E-state index contributed by atoms with van der Waals surface area (Å²) in [6.45, 7) is 9.77. The minimum absolute atomic E-state index is 0.154.